The Morgan fingerprint density at radius 2 is 2.12 bits per heavy atom. The second-order valence-electron chi connectivity index (χ2n) is 6.08. The van der Waals surface area contributed by atoms with Crippen molar-refractivity contribution in [3.8, 4) is 17.4 Å². The van der Waals surface area contributed by atoms with Gasteiger partial charge < -0.3 is 15.2 Å². The largest absolute Gasteiger partial charge is 0.493 e. The van der Waals surface area contributed by atoms with Gasteiger partial charge in [-0.15, -0.1) is 0 Å². The van der Waals surface area contributed by atoms with Crippen molar-refractivity contribution in [1.82, 2.24) is 14.9 Å². The summed E-state index contributed by atoms with van der Waals surface area (Å²) in [7, 11) is 1.60. The van der Waals surface area contributed by atoms with Gasteiger partial charge in [0, 0.05) is 18.7 Å². The van der Waals surface area contributed by atoms with E-state index in [1.165, 1.54) is 0 Å². The van der Waals surface area contributed by atoms with Gasteiger partial charge in [-0.25, -0.2) is 4.98 Å². The van der Waals surface area contributed by atoms with Gasteiger partial charge in [0.05, 0.1) is 25.5 Å². The van der Waals surface area contributed by atoms with E-state index in [0.717, 1.165) is 31.6 Å². The molecule has 1 fully saturated rings. The number of para-hydroxylation sites is 2. The van der Waals surface area contributed by atoms with Gasteiger partial charge in [0.25, 0.3) is 0 Å². The van der Waals surface area contributed by atoms with E-state index in [-0.39, 0.29) is 18.4 Å². The zero-order valence-electron chi connectivity index (χ0n) is 14.2. The Balaban J connectivity index is 1.74. The summed E-state index contributed by atoms with van der Waals surface area (Å²) in [5.74, 6) is 1.56. The summed E-state index contributed by atoms with van der Waals surface area (Å²) in [4.78, 5) is 22.1. The summed E-state index contributed by atoms with van der Waals surface area (Å²) in [5, 5.41) is 0. The maximum absolute atomic E-state index is 11.1. The predicted molar refractivity (Wildman–Crippen MR) is 92.7 cm³/mol. The second-order valence-corrected chi connectivity index (χ2v) is 6.08. The number of rotatable bonds is 6. The quantitative estimate of drug-likeness (QED) is 0.863. The van der Waals surface area contributed by atoms with Crippen LogP contribution in [0.1, 0.15) is 24.5 Å². The number of nitrogens with two attached hydrogens (primary N) is 1. The van der Waals surface area contributed by atoms with Gasteiger partial charge in [0.15, 0.2) is 11.5 Å². The highest BCUT2D eigenvalue weighted by Gasteiger charge is 2.24. The van der Waals surface area contributed by atoms with Crippen molar-refractivity contribution in [3.05, 3.63) is 42.4 Å². The Hall–Kier alpha value is -2.67. The molecule has 0 spiro atoms. The van der Waals surface area contributed by atoms with E-state index >= 15 is 0 Å². The van der Waals surface area contributed by atoms with Gasteiger partial charge in [0.1, 0.15) is 0 Å². The molecule has 1 aliphatic heterocycles. The van der Waals surface area contributed by atoms with E-state index in [1.807, 2.05) is 24.3 Å². The molecule has 1 saturated heterocycles. The number of carbonyl (C=O) groups is 1. The van der Waals surface area contributed by atoms with E-state index < -0.39 is 0 Å². The standard InChI is InChI=1S/C18H22N4O3/c1-24-15-6-2-3-7-16(15)25-18-10-20-9-14(21-18)13-5-4-8-22(11-13)12-17(19)23/h2-3,6-7,9-10,13H,4-5,8,11-12H2,1H3,(H2,19,23). The van der Waals surface area contributed by atoms with Gasteiger partial charge >= 0.3 is 0 Å². The lowest BCUT2D eigenvalue weighted by Gasteiger charge is -2.31. The van der Waals surface area contributed by atoms with Crippen LogP contribution in [0.15, 0.2) is 36.7 Å². The molecular formula is C18H22N4O3. The fourth-order valence-corrected chi connectivity index (χ4v) is 3.08. The topological polar surface area (TPSA) is 90.6 Å². The summed E-state index contributed by atoms with van der Waals surface area (Å²) in [6.07, 6.45) is 5.34. The first-order valence-corrected chi connectivity index (χ1v) is 8.29. The minimum atomic E-state index is -0.306. The lowest BCUT2D eigenvalue weighted by Crippen LogP contribution is -2.40. The summed E-state index contributed by atoms with van der Waals surface area (Å²) in [6, 6.07) is 7.40. The average molecular weight is 342 g/mol. The Labute approximate surface area is 146 Å². The van der Waals surface area contributed by atoms with Crippen LogP contribution in [0.2, 0.25) is 0 Å². The highest BCUT2D eigenvalue weighted by molar-refractivity contribution is 5.75. The molecule has 1 aliphatic rings. The molecule has 2 aromatic rings. The fraction of sp³-hybridized carbons (Fsp3) is 0.389. The number of methoxy groups -OCH3 is 1. The monoisotopic (exact) mass is 342 g/mol. The number of amides is 1. The molecule has 7 heteroatoms. The number of nitrogens with zero attached hydrogens (tertiary/aromatic N) is 3. The molecule has 0 radical (unpaired) electrons. The van der Waals surface area contributed by atoms with E-state index in [9.17, 15) is 4.79 Å². The van der Waals surface area contributed by atoms with Crippen LogP contribution < -0.4 is 15.2 Å². The molecule has 25 heavy (non-hydrogen) atoms. The van der Waals surface area contributed by atoms with E-state index in [1.54, 1.807) is 19.5 Å². The third kappa shape index (κ3) is 4.45. The first-order valence-electron chi connectivity index (χ1n) is 8.29. The van der Waals surface area contributed by atoms with Crippen molar-refractivity contribution in [2.75, 3.05) is 26.7 Å². The van der Waals surface area contributed by atoms with Crippen LogP contribution in [0.4, 0.5) is 0 Å². The lowest BCUT2D eigenvalue weighted by atomic mass is 9.95. The summed E-state index contributed by atoms with van der Waals surface area (Å²) >= 11 is 0. The molecule has 0 aliphatic carbocycles. The minimum absolute atomic E-state index is 0.210. The Kier molecular flexibility index (Phi) is 5.45. The minimum Gasteiger partial charge on any atom is -0.493 e. The van der Waals surface area contributed by atoms with Crippen LogP contribution in [0.25, 0.3) is 0 Å². The second kappa shape index (κ2) is 7.94. The molecule has 0 bridgehead atoms. The van der Waals surface area contributed by atoms with Crippen molar-refractivity contribution < 1.29 is 14.3 Å². The molecule has 1 unspecified atom stereocenters. The molecule has 2 N–H and O–H groups in total. The zero-order chi connectivity index (χ0) is 17.6. The Morgan fingerprint density at radius 3 is 2.88 bits per heavy atom. The number of piperidine rings is 1. The van der Waals surface area contributed by atoms with Crippen molar-refractivity contribution in [1.29, 1.82) is 0 Å². The zero-order valence-corrected chi connectivity index (χ0v) is 14.2. The van der Waals surface area contributed by atoms with Crippen LogP contribution in [0.5, 0.6) is 17.4 Å². The maximum atomic E-state index is 11.1. The lowest BCUT2D eigenvalue weighted by molar-refractivity contribution is -0.119. The molecular weight excluding hydrogens is 320 g/mol. The van der Waals surface area contributed by atoms with E-state index in [4.69, 9.17) is 15.2 Å². The van der Waals surface area contributed by atoms with Crippen LogP contribution >= 0.6 is 0 Å². The van der Waals surface area contributed by atoms with Crippen LogP contribution in [-0.2, 0) is 4.79 Å². The molecule has 1 aromatic carbocycles. The molecule has 0 saturated carbocycles. The third-order valence-corrected chi connectivity index (χ3v) is 4.22. The number of hydrogen-bond donors (Lipinski definition) is 1. The first kappa shape index (κ1) is 17.2. The molecule has 3 rings (SSSR count). The third-order valence-electron chi connectivity index (χ3n) is 4.22. The van der Waals surface area contributed by atoms with Crippen molar-refractivity contribution in [2.24, 2.45) is 5.73 Å². The van der Waals surface area contributed by atoms with Crippen LogP contribution in [-0.4, -0.2) is 47.5 Å². The van der Waals surface area contributed by atoms with Crippen molar-refractivity contribution >= 4 is 5.91 Å². The van der Waals surface area contributed by atoms with Gasteiger partial charge in [-0.05, 0) is 31.5 Å². The average Bonchev–Trinajstić information content (AvgIpc) is 2.62. The molecule has 1 atom stereocenters. The highest BCUT2D eigenvalue weighted by Crippen LogP contribution is 2.31. The normalized spacial score (nSPS) is 17.9. The SMILES string of the molecule is COc1ccccc1Oc1cncc(C2CCCN(CC(N)=O)C2)n1. The van der Waals surface area contributed by atoms with Gasteiger partial charge in [0.2, 0.25) is 11.8 Å². The molecule has 1 aromatic heterocycles. The summed E-state index contributed by atoms with van der Waals surface area (Å²) in [6.45, 7) is 1.90. The summed E-state index contributed by atoms with van der Waals surface area (Å²) < 4.78 is 11.1. The van der Waals surface area contributed by atoms with Crippen molar-refractivity contribution in [3.63, 3.8) is 0 Å². The van der Waals surface area contributed by atoms with Crippen molar-refractivity contribution in [2.45, 2.75) is 18.8 Å². The van der Waals surface area contributed by atoms with Gasteiger partial charge in [-0.3, -0.25) is 14.7 Å². The van der Waals surface area contributed by atoms with Crippen LogP contribution in [0.3, 0.4) is 0 Å². The fourth-order valence-electron chi connectivity index (χ4n) is 3.08. The number of aromatic nitrogens is 2. The van der Waals surface area contributed by atoms with E-state index in [0.29, 0.717) is 17.4 Å². The highest BCUT2D eigenvalue weighted by atomic mass is 16.5. The number of benzene rings is 1. The molecule has 1 amide bonds. The number of hydrogen-bond acceptors (Lipinski definition) is 6. The smallest absolute Gasteiger partial charge is 0.238 e. The predicted octanol–water partition coefficient (Wildman–Crippen LogP) is 1.94. The molecule has 2 heterocycles. The number of likely N-dealkylation sites (tertiary alicyclic amines) is 1. The number of ether oxygens (including phenoxy) is 2. The van der Waals surface area contributed by atoms with Crippen LogP contribution in [0, 0.1) is 0 Å². The van der Waals surface area contributed by atoms with Gasteiger partial charge in [-0.1, -0.05) is 12.1 Å². The Bertz CT molecular complexity index is 738. The number of primary amides is 1. The summed E-state index contributed by atoms with van der Waals surface area (Å²) in [5.41, 5.74) is 6.17. The maximum Gasteiger partial charge on any atom is 0.238 e. The first-order chi connectivity index (χ1) is 12.2. The number of carbonyl (C=O) groups excluding carboxylic acids is 1. The van der Waals surface area contributed by atoms with E-state index in [2.05, 4.69) is 14.9 Å². The molecule has 7 nitrogen and oxygen atoms in total. The Morgan fingerprint density at radius 1 is 1.32 bits per heavy atom. The van der Waals surface area contributed by atoms with Gasteiger partial charge in [-0.2, -0.15) is 0 Å². The molecule has 132 valence electrons.